The summed E-state index contributed by atoms with van der Waals surface area (Å²) in [5.41, 5.74) is 6.18. The molecule has 0 bridgehead atoms. The van der Waals surface area contributed by atoms with E-state index in [4.69, 9.17) is 33.7 Å². The van der Waals surface area contributed by atoms with Gasteiger partial charge in [0.15, 0.2) is 6.61 Å². The molecule has 0 aliphatic heterocycles. The van der Waals surface area contributed by atoms with Crippen molar-refractivity contribution in [3.63, 3.8) is 0 Å². The maximum Gasteiger partial charge on any atom is 0.310 e. The van der Waals surface area contributed by atoms with Gasteiger partial charge in [0.05, 0.1) is 6.42 Å². The van der Waals surface area contributed by atoms with Crippen LogP contribution in [-0.2, 0) is 25.5 Å². The highest BCUT2D eigenvalue weighted by Crippen LogP contribution is 2.25. The highest BCUT2D eigenvalue weighted by Gasteiger charge is 2.19. The Labute approximate surface area is 166 Å². The maximum atomic E-state index is 12.5. The molecule has 2 aromatic carbocycles. The number of anilines is 1. The van der Waals surface area contributed by atoms with Gasteiger partial charge in [-0.25, -0.2) is 0 Å². The molecule has 0 aromatic heterocycles. The summed E-state index contributed by atoms with van der Waals surface area (Å²) in [6.07, 6.45) is -0.164. The Morgan fingerprint density at radius 2 is 1.59 bits per heavy atom. The number of benzene rings is 2. The quantitative estimate of drug-likeness (QED) is 0.679. The van der Waals surface area contributed by atoms with Crippen molar-refractivity contribution < 1.29 is 19.1 Å². The van der Waals surface area contributed by atoms with Crippen molar-refractivity contribution in [1.29, 1.82) is 0 Å². The van der Waals surface area contributed by atoms with E-state index >= 15 is 0 Å². The fourth-order valence-electron chi connectivity index (χ4n) is 2.34. The number of nitrogens with zero attached hydrogens (tertiary/aromatic N) is 1. The molecule has 2 rings (SSSR count). The molecule has 0 aliphatic carbocycles. The lowest BCUT2D eigenvalue weighted by Gasteiger charge is -2.22. The van der Waals surface area contributed by atoms with Gasteiger partial charge in [0.1, 0.15) is 0 Å². The number of rotatable bonds is 8. The molecule has 2 N–H and O–H groups in total. The summed E-state index contributed by atoms with van der Waals surface area (Å²) in [4.78, 5) is 37.0. The van der Waals surface area contributed by atoms with Crippen molar-refractivity contribution in [2.24, 2.45) is 5.73 Å². The van der Waals surface area contributed by atoms with E-state index in [1.807, 2.05) is 0 Å². The van der Waals surface area contributed by atoms with Crippen LogP contribution >= 0.6 is 23.2 Å². The molecule has 2 amide bonds. The third-order valence-corrected chi connectivity index (χ3v) is 4.40. The van der Waals surface area contributed by atoms with Gasteiger partial charge in [-0.3, -0.25) is 14.4 Å². The number of ether oxygens (including phenoxy) is 1. The van der Waals surface area contributed by atoms with Gasteiger partial charge in [-0.15, -0.1) is 0 Å². The molecule has 6 nitrogen and oxygen atoms in total. The summed E-state index contributed by atoms with van der Waals surface area (Å²) >= 11 is 12.1. The van der Waals surface area contributed by atoms with Crippen molar-refractivity contribution in [3.05, 3.63) is 64.1 Å². The molecule has 142 valence electrons. The van der Waals surface area contributed by atoms with Gasteiger partial charge >= 0.3 is 5.97 Å². The van der Waals surface area contributed by atoms with Crippen LogP contribution < -0.4 is 10.6 Å². The Hall–Kier alpha value is -2.57. The average Bonchev–Trinajstić information content (AvgIpc) is 2.64. The Morgan fingerprint density at radius 3 is 2.19 bits per heavy atom. The van der Waals surface area contributed by atoms with Gasteiger partial charge in [0.25, 0.3) is 5.91 Å². The standard InChI is InChI=1S/C19H18Cl2N2O4/c20-15-7-4-8-16(21)14(15)11-19(26)27-12-18(25)23(10-9-17(22)24)13-5-2-1-3-6-13/h1-8H,9-12H2,(H2,22,24). The minimum absolute atomic E-state index is 0.0101. The van der Waals surface area contributed by atoms with Gasteiger partial charge in [-0.05, 0) is 24.3 Å². The lowest BCUT2D eigenvalue weighted by molar-refractivity contribution is -0.147. The first kappa shape index (κ1) is 20.7. The number of esters is 1. The van der Waals surface area contributed by atoms with Gasteiger partial charge in [0, 0.05) is 34.3 Å². The first-order valence-corrected chi connectivity index (χ1v) is 8.86. The van der Waals surface area contributed by atoms with E-state index in [2.05, 4.69) is 0 Å². The zero-order valence-corrected chi connectivity index (χ0v) is 15.9. The number of amides is 2. The zero-order chi connectivity index (χ0) is 19.8. The van der Waals surface area contributed by atoms with Crippen LogP contribution in [0.25, 0.3) is 0 Å². The van der Waals surface area contributed by atoms with Gasteiger partial charge < -0.3 is 15.4 Å². The van der Waals surface area contributed by atoms with Crippen LogP contribution in [0.1, 0.15) is 12.0 Å². The van der Waals surface area contributed by atoms with Crippen molar-refractivity contribution >= 4 is 46.7 Å². The molecule has 0 spiro atoms. The summed E-state index contributed by atoms with van der Waals surface area (Å²) in [5, 5.41) is 0.691. The van der Waals surface area contributed by atoms with E-state index in [-0.39, 0.29) is 19.4 Å². The molecule has 0 aliphatic rings. The van der Waals surface area contributed by atoms with Crippen LogP contribution in [0.4, 0.5) is 5.69 Å². The Balaban J connectivity index is 2.00. The third-order valence-electron chi connectivity index (χ3n) is 3.69. The number of nitrogens with two attached hydrogens (primary N) is 1. The Morgan fingerprint density at radius 1 is 0.963 bits per heavy atom. The normalized spacial score (nSPS) is 10.3. The van der Waals surface area contributed by atoms with Crippen LogP contribution in [-0.4, -0.2) is 30.9 Å². The summed E-state index contributed by atoms with van der Waals surface area (Å²) in [7, 11) is 0. The van der Waals surface area contributed by atoms with Crippen molar-refractivity contribution in [3.8, 4) is 0 Å². The molecule has 0 saturated carbocycles. The van der Waals surface area contributed by atoms with Crippen LogP contribution in [0.2, 0.25) is 10.0 Å². The predicted octanol–water partition coefficient (Wildman–Crippen LogP) is 2.99. The predicted molar refractivity (Wildman–Crippen MR) is 104 cm³/mol. The Kier molecular flexibility index (Phi) is 7.64. The molecule has 0 saturated heterocycles. The second kappa shape index (κ2) is 9.94. The van der Waals surface area contributed by atoms with Crippen LogP contribution in [0, 0.1) is 0 Å². The summed E-state index contributed by atoms with van der Waals surface area (Å²) in [6.45, 7) is -0.388. The zero-order valence-electron chi connectivity index (χ0n) is 14.4. The highest BCUT2D eigenvalue weighted by molar-refractivity contribution is 6.36. The van der Waals surface area contributed by atoms with Crippen LogP contribution in [0.15, 0.2) is 48.5 Å². The molecular weight excluding hydrogens is 391 g/mol. The topological polar surface area (TPSA) is 89.7 Å². The number of carbonyl (C=O) groups excluding carboxylic acids is 3. The molecule has 27 heavy (non-hydrogen) atoms. The molecule has 0 fully saturated rings. The first-order valence-electron chi connectivity index (χ1n) is 8.10. The van der Waals surface area contributed by atoms with Crippen molar-refractivity contribution in [1.82, 2.24) is 0 Å². The number of hydrogen-bond acceptors (Lipinski definition) is 4. The molecule has 8 heteroatoms. The van der Waals surface area contributed by atoms with Crippen LogP contribution in [0.3, 0.4) is 0 Å². The molecule has 2 aromatic rings. The smallest absolute Gasteiger partial charge is 0.310 e. The van der Waals surface area contributed by atoms with Gasteiger partial charge in [-0.2, -0.15) is 0 Å². The summed E-state index contributed by atoms with van der Waals surface area (Å²) in [6, 6.07) is 13.6. The monoisotopic (exact) mass is 408 g/mol. The fraction of sp³-hybridized carbons (Fsp3) is 0.211. The molecule has 0 radical (unpaired) electrons. The SMILES string of the molecule is NC(=O)CCN(C(=O)COC(=O)Cc1c(Cl)cccc1Cl)c1ccccc1. The highest BCUT2D eigenvalue weighted by atomic mass is 35.5. The Bertz CT molecular complexity index is 807. The molecule has 0 heterocycles. The van der Waals surface area contributed by atoms with E-state index in [0.29, 0.717) is 21.3 Å². The third kappa shape index (κ3) is 6.27. The molecular formula is C19H18Cl2N2O4. The number of carbonyl (C=O) groups is 3. The average molecular weight is 409 g/mol. The minimum Gasteiger partial charge on any atom is -0.455 e. The number of primary amides is 1. The van der Waals surface area contributed by atoms with Crippen molar-refractivity contribution in [2.75, 3.05) is 18.1 Å². The number of para-hydroxylation sites is 1. The maximum absolute atomic E-state index is 12.5. The van der Waals surface area contributed by atoms with Gasteiger partial charge in [0.2, 0.25) is 5.91 Å². The lowest BCUT2D eigenvalue weighted by Crippen LogP contribution is -2.37. The molecule has 0 atom stereocenters. The van der Waals surface area contributed by atoms with Crippen LogP contribution in [0.5, 0.6) is 0 Å². The largest absolute Gasteiger partial charge is 0.455 e. The van der Waals surface area contributed by atoms with Crippen molar-refractivity contribution in [2.45, 2.75) is 12.8 Å². The second-order valence-electron chi connectivity index (χ2n) is 5.63. The number of hydrogen-bond donors (Lipinski definition) is 1. The molecule has 0 unspecified atom stereocenters. The summed E-state index contributed by atoms with van der Waals surface area (Å²) in [5.74, 6) is -1.64. The fourth-order valence-corrected chi connectivity index (χ4v) is 2.88. The first-order chi connectivity index (χ1) is 12.9. The summed E-state index contributed by atoms with van der Waals surface area (Å²) < 4.78 is 5.06. The van der Waals surface area contributed by atoms with E-state index in [0.717, 1.165) is 0 Å². The number of halogens is 2. The second-order valence-corrected chi connectivity index (χ2v) is 6.45. The van der Waals surface area contributed by atoms with E-state index in [1.165, 1.54) is 4.90 Å². The lowest BCUT2D eigenvalue weighted by atomic mass is 10.1. The van der Waals surface area contributed by atoms with E-state index < -0.39 is 24.4 Å². The van der Waals surface area contributed by atoms with E-state index in [9.17, 15) is 14.4 Å². The van der Waals surface area contributed by atoms with E-state index in [1.54, 1.807) is 48.5 Å². The minimum atomic E-state index is -0.638. The van der Waals surface area contributed by atoms with Gasteiger partial charge in [-0.1, -0.05) is 47.5 Å².